The van der Waals surface area contributed by atoms with Crippen molar-refractivity contribution in [1.29, 1.82) is 0 Å². The van der Waals surface area contributed by atoms with E-state index >= 15 is 0 Å². The number of piperidine rings is 1. The van der Waals surface area contributed by atoms with Crippen LogP contribution in [0.25, 0.3) is 0 Å². The van der Waals surface area contributed by atoms with Gasteiger partial charge in [0.15, 0.2) is 0 Å². The standard InChI is InChI=1S/C24H33N3O2/c1-29-24(13-16-25-17-14-24)23(28)26-15-8-18-27(19-21-9-4-2-5-10-21)20-22-11-6-3-7-12-22/h2-7,9-12,25H,8,13-20H2,1H3,(H,26,28). The first-order chi connectivity index (χ1) is 14.2. The maximum Gasteiger partial charge on any atom is 0.252 e. The first-order valence-corrected chi connectivity index (χ1v) is 10.6. The van der Waals surface area contributed by atoms with E-state index in [-0.39, 0.29) is 5.91 Å². The van der Waals surface area contributed by atoms with Crippen LogP contribution in [0.15, 0.2) is 60.7 Å². The monoisotopic (exact) mass is 395 g/mol. The van der Waals surface area contributed by atoms with Crippen LogP contribution in [0, 0.1) is 0 Å². The Balaban J connectivity index is 1.51. The van der Waals surface area contributed by atoms with Crippen LogP contribution >= 0.6 is 0 Å². The summed E-state index contributed by atoms with van der Waals surface area (Å²) in [6.45, 7) is 5.03. The number of methoxy groups -OCH3 is 1. The fourth-order valence-electron chi connectivity index (χ4n) is 3.92. The molecule has 1 aliphatic heterocycles. The van der Waals surface area contributed by atoms with Gasteiger partial charge in [-0.05, 0) is 43.5 Å². The van der Waals surface area contributed by atoms with Crippen molar-refractivity contribution >= 4 is 5.91 Å². The number of ether oxygens (including phenoxy) is 1. The summed E-state index contributed by atoms with van der Waals surface area (Å²) in [5.74, 6) is 0.0270. The van der Waals surface area contributed by atoms with Crippen molar-refractivity contribution in [2.75, 3.05) is 33.3 Å². The van der Waals surface area contributed by atoms with Crippen LogP contribution in [0.3, 0.4) is 0 Å². The van der Waals surface area contributed by atoms with Gasteiger partial charge in [0.05, 0.1) is 0 Å². The normalized spacial score (nSPS) is 15.9. The summed E-state index contributed by atoms with van der Waals surface area (Å²) in [5.41, 5.74) is 1.94. The molecule has 2 aromatic carbocycles. The van der Waals surface area contributed by atoms with E-state index in [2.05, 4.69) is 64.1 Å². The van der Waals surface area contributed by atoms with Gasteiger partial charge in [-0.25, -0.2) is 0 Å². The molecular weight excluding hydrogens is 362 g/mol. The van der Waals surface area contributed by atoms with Crippen molar-refractivity contribution in [3.63, 3.8) is 0 Å². The Morgan fingerprint density at radius 2 is 1.55 bits per heavy atom. The van der Waals surface area contributed by atoms with Crippen molar-refractivity contribution in [3.8, 4) is 0 Å². The summed E-state index contributed by atoms with van der Waals surface area (Å²) in [6, 6.07) is 21.1. The van der Waals surface area contributed by atoms with Crippen LogP contribution in [0.1, 0.15) is 30.4 Å². The molecule has 5 heteroatoms. The first kappa shape index (κ1) is 21.5. The summed E-state index contributed by atoms with van der Waals surface area (Å²) in [7, 11) is 1.65. The fourth-order valence-corrected chi connectivity index (χ4v) is 3.92. The van der Waals surface area contributed by atoms with Crippen molar-refractivity contribution < 1.29 is 9.53 Å². The predicted octanol–water partition coefficient (Wildman–Crippen LogP) is 2.96. The fraction of sp³-hybridized carbons (Fsp3) is 0.458. The number of hydrogen-bond acceptors (Lipinski definition) is 4. The SMILES string of the molecule is COC1(C(=O)NCCCN(Cc2ccccc2)Cc2ccccc2)CCNCC1. The zero-order valence-electron chi connectivity index (χ0n) is 17.4. The lowest BCUT2D eigenvalue weighted by Crippen LogP contribution is -2.54. The molecule has 1 heterocycles. The highest BCUT2D eigenvalue weighted by atomic mass is 16.5. The Hall–Kier alpha value is -2.21. The molecule has 2 N–H and O–H groups in total. The molecule has 0 aliphatic carbocycles. The van der Waals surface area contributed by atoms with E-state index in [1.165, 1.54) is 11.1 Å². The summed E-state index contributed by atoms with van der Waals surface area (Å²) in [4.78, 5) is 15.1. The molecule has 0 bridgehead atoms. The molecule has 29 heavy (non-hydrogen) atoms. The highest BCUT2D eigenvalue weighted by Crippen LogP contribution is 2.22. The molecule has 156 valence electrons. The Morgan fingerprint density at radius 3 is 2.07 bits per heavy atom. The molecule has 5 nitrogen and oxygen atoms in total. The van der Waals surface area contributed by atoms with E-state index < -0.39 is 5.60 Å². The van der Waals surface area contributed by atoms with Crippen molar-refractivity contribution in [1.82, 2.24) is 15.5 Å². The average Bonchev–Trinajstić information content (AvgIpc) is 2.78. The van der Waals surface area contributed by atoms with Crippen molar-refractivity contribution in [2.45, 2.75) is 38.0 Å². The van der Waals surface area contributed by atoms with E-state index in [9.17, 15) is 4.79 Å². The molecule has 1 amide bonds. The highest BCUT2D eigenvalue weighted by molar-refractivity contribution is 5.85. The van der Waals surface area contributed by atoms with E-state index in [4.69, 9.17) is 4.74 Å². The third kappa shape index (κ3) is 6.39. The van der Waals surface area contributed by atoms with Crippen molar-refractivity contribution in [2.24, 2.45) is 0 Å². The number of carbonyl (C=O) groups excluding carboxylic acids is 1. The molecule has 0 atom stereocenters. The molecule has 3 rings (SSSR count). The Morgan fingerprint density at radius 1 is 1.00 bits per heavy atom. The maximum absolute atomic E-state index is 12.7. The molecule has 0 radical (unpaired) electrons. The van der Waals surface area contributed by atoms with Gasteiger partial charge in [-0.15, -0.1) is 0 Å². The highest BCUT2D eigenvalue weighted by Gasteiger charge is 2.39. The van der Waals surface area contributed by atoms with Crippen LogP contribution in [0.5, 0.6) is 0 Å². The average molecular weight is 396 g/mol. The topological polar surface area (TPSA) is 53.6 Å². The largest absolute Gasteiger partial charge is 0.368 e. The lowest BCUT2D eigenvalue weighted by atomic mass is 9.91. The second-order valence-electron chi connectivity index (χ2n) is 7.74. The quantitative estimate of drug-likeness (QED) is 0.608. The molecule has 2 aromatic rings. The van der Waals surface area contributed by atoms with Crippen LogP contribution in [0.2, 0.25) is 0 Å². The van der Waals surface area contributed by atoms with Crippen LogP contribution < -0.4 is 10.6 Å². The third-order valence-corrected chi connectivity index (χ3v) is 5.65. The summed E-state index contributed by atoms with van der Waals surface area (Å²) >= 11 is 0. The zero-order valence-corrected chi connectivity index (χ0v) is 17.4. The van der Waals surface area contributed by atoms with E-state index in [0.29, 0.717) is 6.54 Å². The number of nitrogens with zero attached hydrogens (tertiary/aromatic N) is 1. The molecule has 1 aliphatic rings. The number of rotatable bonds is 10. The molecule has 0 aromatic heterocycles. The van der Waals surface area contributed by atoms with Crippen LogP contribution in [-0.4, -0.2) is 49.7 Å². The van der Waals surface area contributed by atoms with Gasteiger partial charge >= 0.3 is 0 Å². The van der Waals surface area contributed by atoms with E-state index in [1.54, 1.807) is 7.11 Å². The van der Waals surface area contributed by atoms with Crippen LogP contribution in [-0.2, 0) is 22.6 Å². The van der Waals surface area contributed by atoms with Gasteiger partial charge in [-0.1, -0.05) is 60.7 Å². The minimum absolute atomic E-state index is 0.0270. The summed E-state index contributed by atoms with van der Waals surface area (Å²) in [6.07, 6.45) is 2.36. The van der Waals surface area contributed by atoms with Crippen LogP contribution in [0.4, 0.5) is 0 Å². The molecule has 0 spiro atoms. The Labute approximate surface area is 174 Å². The zero-order chi connectivity index (χ0) is 20.4. The van der Waals surface area contributed by atoms with Gasteiger partial charge in [0.1, 0.15) is 5.60 Å². The molecule has 1 fully saturated rings. The third-order valence-electron chi connectivity index (χ3n) is 5.65. The second-order valence-corrected chi connectivity index (χ2v) is 7.74. The minimum atomic E-state index is -0.668. The lowest BCUT2D eigenvalue weighted by Gasteiger charge is -2.34. The molecule has 0 unspecified atom stereocenters. The second kappa shape index (κ2) is 11.1. The van der Waals surface area contributed by atoms with Gasteiger partial charge in [0.25, 0.3) is 5.91 Å². The number of hydrogen-bond donors (Lipinski definition) is 2. The number of carbonyl (C=O) groups is 1. The van der Waals surface area contributed by atoms with Gasteiger partial charge < -0.3 is 15.4 Å². The van der Waals surface area contributed by atoms with Gasteiger partial charge in [0, 0.05) is 33.3 Å². The van der Waals surface area contributed by atoms with E-state index in [0.717, 1.165) is 52.0 Å². The smallest absolute Gasteiger partial charge is 0.252 e. The van der Waals surface area contributed by atoms with Gasteiger partial charge in [0.2, 0.25) is 0 Å². The first-order valence-electron chi connectivity index (χ1n) is 10.6. The minimum Gasteiger partial charge on any atom is -0.368 e. The summed E-state index contributed by atoms with van der Waals surface area (Å²) < 4.78 is 5.61. The van der Waals surface area contributed by atoms with Gasteiger partial charge in [-0.3, -0.25) is 9.69 Å². The lowest BCUT2D eigenvalue weighted by molar-refractivity contribution is -0.146. The number of amides is 1. The van der Waals surface area contributed by atoms with Crippen molar-refractivity contribution in [3.05, 3.63) is 71.8 Å². The Kier molecular flexibility index (Phi) is 8.23. The number of benzene rings is 2. The molecule has 0 saturated carbocycles. The van der Waals surface area contributed by atoms with Gasteiger partial charge in [-0.2, -0.15) is 0 Å². The van der Waals surface area contributed by atoms with E-state index in [1.807, 2.05) is 12.1 Å². The molecule has 1 saturated heterocycles. The molecular formula is C24H33N3O2. The summed E-state index contributed by atoms with van der Waals surface area (Å²) in [5, 5.41) is 6.40. The Bertz CT molecular complexity index is 689. The predicted molar refractivity (Wildman–Crippen MR) is 116 cm³/mol. The number of nitrogens with one attached hydrogen (secondary N) is 2. The maximum atomic E-state index is 12.7.